The van der Waals surface area contributed by atoms with E-state index in [1.165, 1.54) is 12.0 Å². The largest absolute Gasteiger partial charge is 0.338 e. The molecule has 1 aromatic heterocycles. The van der Waals surface area contributed by atoms with Crippen molar-refractivity contribution in [2.45, 2.75) is 44.2 Å². The molecule has 1 unspecified atom stereocenters. The molecule has 31 heavy (non-hydrogen) atoms. The number of urea groups is 1. The molecule has 1 N–H and O–H groups in total. The fourth-order valence-electron chi connectivity index (χ4n) is 5.46. The summed E-state index contributed by atoms with van der Waals surface area (Å²) in [5.74, 6) is 0.441. The number of carbonyl (C=O) groups is 2. The first-order chi connectivity index (χ1) is 15.2. The van der Waals surface area contributed by atoms with Crippen LogP contribution in [-0.4, -0.2) is 81.4 Å². The topological polar surface area (TPSA) is 81.7 Å². The number of nitrogens with one attached hydrogen (secondary N) is 1. The van der Waals surface area contributed by atoms with Crippen LogP contribution in [0, 0.1) is 5.92 Å². The van der Waals surface area contributed by atoms with Crippen LogP contribution >= 0.6 is 0 Å². The number of hydrogen-bond donors (Lipinski definition) is 1. The average Bonchev–Trinajstić information content (AvgIpc) is 2.84. The lowest BCUT2D eigenvalue weighted by Crippen LogP contribution is -2.57. The van der Waals surface area contributed by atoms with Crippen LogP contribution in [0.3, 0.4) is 0 Å². The molecule has 164 valence electrons. The molecule has 8 nitrogen and oxygen atoms in total. The summed E-state index contributed by atoms with van der Waals surface area (Å²) in [6.07, 6.45) is 16.0. The molecule has 0 bridgehead atoms. The summed E-state index contributed by atoms with van der Waals surface area (Å²) in [6.45, 7) is 4.30. The van der Waals surface area contributed by atoms with E-state index < -0.39 is 0 Å². The smallest absolute Gasteiger partial charge is 0.321 e. The highest BCUT2D eigenvalue weighted by atomic mass is 16.2. The second-order valence-electron chi connectivity index (χ2n) is 8.93. The molecule has 0 radical (unpaired) electrons. The molecular formula is C23H30N6O2. The van der Waals surface area contributed by atoms with Gasteiger partial charge in [-0.2, -0.15) is 0 Å². The van der Waals surface area contributed by atoms with Gasteiger partial charge in [0, 0.05) is 68.8 Å². The summed E-state index contributed by atoms with van der Waals surface area (Å²) in [6, 6.07) is 0.848. The fourth-order valence-corrected chi connectivity index (χ4v) is 5.46. The van der Waals surface area contributed by atoms with Crippen LogP contribution in [0.5, 0.6) is 0 Å². The maximum Gasteiger partial charge on any atom is 0.321 e. The van der Waals surface area contributed by atoms with Crippen molar-refractivity contribution in [2.75, 3.05) is 32.7 Å². The van der Waals surface area contributed by atoms with Gasteiger partial charge in [-0.15, -0.1) is 0 Å². The molecule has 3 aliphatic heterocycles. The lowest BCUT2D eigenvalue weighted by Gasteiger charge is -2.46. The maximum atomic E-state index is 12.6. The molecule has 8 heteroatoms. The molecule has 1 aliphatic carbocycles. The predicted molar refractivity (Wildman–Crippen MR) is 116 cm³/mol. The molecule has 0 spiro atoms. The van der Waals surface area contributed by atoms with Crippen LogP contribution in [0.25, 0.3) is 0 Å². The first kappa shape index (κ1) is 20.2. The van der Waals surface area contributed by atoms with Crippen molar-refractivity contribution >= 4 is 11.9 Å². The lowest BCUT2D eigenvalue weighted by atomic mass is 9.90. The Hall–Kier alpha value is -2.74. The van der Waals surface area contributed by atoms with Crippen LogP contribution in [0.4, 0.5) is 4.79 Å². The minimum Gasteiger partial charge on any atom is -0.338 e. The third kappa shape index (κ3) is 4.08. The van der Waals surface area contributed by atoms with Gasteiger partial charge < -0.3 is 15.1 Å². The van der Waals surface area contributed by atoms with E-state index in [0.717, 1.165) is 64.8 Å². The van der Waals surface area contributed by atoms with E-state index in [1.54, 1.807) is 12.4 Å². The molecule has 4 heterocycles. The summed E-state index contributed by atoms with van der Waals surface area (Å²) in [5.41, 5.74) is 1.76. The van der Waals surface area contributed by atoms with E-state index in [1.807, 2.05) is 9.80 Å². The van der Waals surface area contributed by atoms with Crippen molar-refractivity contribution in [3.8, 4) is 0 Å². The van der Waals surface area contributed by atoms with Crippen LogP contribution in [0.1, 0.15) is 42.5 Å². The third-order valence-corrected chi connectivity index (χ3v) is 7.18. The Morgan fingerprint density at radius 1 is 1.00 bits per heavy atom. The van der Waals surface area contributed by atoms with Gasteiger partial charge in [0.15, 0.2) is 0 Å². The number of carbonyl (C=O) groups excluding carboxylic acids is 2. The highest BCUT2D eigenvalue weighted by molar-refractivity contribution is 5.93. The Labute approximate surface area is 183 Å². The second-order valence-corrected chi connectivity index (χ2v) is 8.93. The zero-order chi connectivity index (χ0) is 21.2. The van der Waals surface area contributed by atoms with Crippen molar-refractivity contribution in [3.63, 3.8) is 0 Å². The standard InChI is InChI=1S/C23H30N6O2/c30-22(18-13-24-16-25-14-18)28-11-5-19(6-12-28)27-9-7-20(8-10-27)29-21-4-2-1-3-17(21)15-26-23(29)31/h1-2,4,13-14,16-17,19-20H,3,5-12,15H2,(H,26,31). The number of fused-ring (bicyclic) bond motifs is 1. The number of nitrogens with zero attached hydrogens (tertiary/aromatic N) is 5. The Morgan fingerprint density at radius 3 is 2.45 bits per heavy atom. The molecule has 0 saturated carbocycles. The average molecular weight is 423 g/mol. The van der Waals surface area contributed by atoms with Crippen molar-refractivity contribution in [2.24, 2.45) is 5.92 Å². The minimum absolute atomic E-state index is 0.0261. The maximum absolute atomic E-state index is 12.6. The zero-order valence-corrected chi connectivity index (χ0v) is 17.8. The van der Waals surface area contributed by atoms with E-state index >= 15 is 0 Å². The molecular weight excluding hydrogens is 392 g/mol. The molecule has 4 aliphatic rings. The lowest BCUT2D eigenvalue weighted by molar-refractivity contribution is 0.0514. The van der Waals surface area contributed by atoms with Crippen LogP contribution in [0.2, 0.25) is 0 Å². The third-order valence-electron chi connectivity index (χ3n) is 7.18. The van der Waals surface area contributed by atoms with Crippen LogP contribution in [0.15, 0.2) is 42.6 Å². The summed E-state index contributed by atoms with van der Waals surface area (Å²) in [7, 11) is 0. The normalized spacial score (nSPS) is 25.7. The van der Waals surface area contributed by atoms with Gasteiger partial charge >= 0.3 is 6.03 Å². The van der Waals surface area contributed by atoms with Crippen molar-refractivity contribution in [3.05, 3.63) is 48.2 Å². The molecule has 5 rings (SSSR count). The Morgan fingerprint density at radius 2 is 1.71 bits per heavy atom. The SMILES string of the molecule is O=C(c1cncnc1)N1CCC(N2CCC(N3C(=O)NCC4CC=CC=C43)CC2)CC1. The molecule has 3 amide bonds. The number of amides is 3. The van der Waals surface area contributed by atoms with E-state index in [2.05, 4.69) is 38.4 Å². The van der Waals surface area contributed by atoms with E-state index in [4.69, 9.17) is 0 Å². The first-order valence-electron chi connectivity index (χ1n) is 11.4. The Balaban J connectivity index is 1.15. The molecule has 1 aromatic rings. The number of rotatable bonds is 3. The molecule has 0 aromatic carbocycles. The van der Waals surface area contributed by atoms with E-state index in [0.29, 0.717) is 17.5 Å². The number of allylic oxidation sites excluding steroid dienone is 3. The minimum atomic E-state index is 0.0261. The summed E-state index contributed by atoms with van der Waals surface area (Å²) in [4.78, 5) is 39.7. The van der Waals surface area contributed by atoms with Crippen LogP contribution < -0.4 is 5.32 Å². The van der Waals surface area contributed by atoms with Crippen molar-refractivity contribution < 1.29 is 9.59 Å². The quantitative estimate of drug-likeness (QED) is 0.806. The van der Waals surface area contributed by atoms with Gasteiger partial charge in [0.1, 0.15) is 6.33 Å². The van der Waals surface area contributed by atoms with Gasteiger partial charge in [-0.05, 0) is 38.2 Å². The highest BCUT2D eigenvalue weighted by Gasteiger charge is 2.38. The summed E-state index contributed by atoms with van der Waals surface area (Å²) in [5, 5.41) is 3.08. The highest BCUT2D eigenvalue weighted by Crippen LogP contribution is 2.32. The fraction of sp³-hybridized carbons (Fsp3) is 0.565. The van der Waals surface area contributed by atoms with Gasteiger partial charge in [0.05, 0.1) is 5.56 Å². The summed E-state index contributed by atoms with van der Waals surface area (Å²) < 4.78 is 0. The van der Waals surface area contributed by atoms with Gasteiger partial charge in [0.2, 0.25) is 0 Å². The number of aromatic nitrogens is 2. The molecule has 3 fully saturated rings. The Bertz CT molecular complexity index is 869. The monoisotopic (exact) mass is 422 g/mol. The van der Waals surface area contributed by atoms with Gasteiger partial charge in [-0.1, -0.05) is 12.2 Å². The van der Waals surface area contributed by atoms with Crippen LogP contribution in [-0.2, 0) is 0 Å². The number of piperidine rings is 2. The zero-order valence-electron chi connectivity index (χ0n) is 17.8. The number of likely N-dealkylation sites (tertiary alicyclic amines) is 2. The number of hydrogen-bond acceptors (Lipinski definition) is 5. The van der Waals surface area contributed by atoms with E-state index in [-0.39, 0.29) is 18.0 Å². The second kappa shape index (κ2) is 8.78. The van der Waals surface area contributed by atoms with Gasteiger partial charge in [-0.25, -0.2) is 14.8 Å². The van der Waals surface area contributed by atoms with Gasteiger partial charge in [0.25, 0.3) is 5.91 Å². The summed E-state index contributed by atoms with van der Waals surface area (Å²) >= 11 is 0. The molecule has 3 saturated heterocycles. The van der Waals surface area contributed by atoms with Crippen molar-refractivity contribution in [1.29, 1.82) is 0 Å². The van der Waals surface area contributed by atoms with Gasteiger partial charge in [-0.3, -0.25) is 9.69 Å². The van der Waals surface area contributed by atoms with Crippen molar-refractivity contribution in [1.82, 2.24) is 30.0 Å². The first-order valence-corrected chi connectivity index (χ1v) is 11.4. The Kier molecular flexibility index (Phi) is 5.72. The molecule has 1 atom stereocenters. The predicted octanol–water partition coefficient (Wildman–Crippen LogP) is 2.03. The van der Waals surface area contributed by atoms with E-state index in [9.17, 15) is 9.59 Å².